The molecule has 15 heavy (non-hydrogen) atoms. The molecule has 1 aromatic rings. The number of rotatable bonds is 2. The molecular weight excluding hydrogens is 260 g/mol. The molecule has 3 nitrogen and oxygen atoms in total. The van der Waals surface area contributed by atoms with Crippen LogP contribution >= 0.6 is 15.9 Å². The number of benzene rings is 1. The smallest absolute Gasteiger partial charge is 0.231 e. The van der Waals surface area contributed by atoms with Gasteiger partial charge < -0.3 is 14.2 Å². The van der Waals surface area contributed by atoms with Crippen LogP contribution < -0.4 is 14.2 Å². The first kappa shape index (κ1) is 10.6. The molecule has 1 aromatic carbocycles. The molecule has 0 N–H and O–H groups in total. The standard InChI is InChI=1S/C11H13BrO3/c1-6(2)9-10(13-3)7(12)4-8-11(9)15-5-14-8/h4,6H,5H2,1-3H3. The number of hydrogen-bond acceptors (Lipinski definition) is 3. The van der Waals surface area contributed by atoms with Crippen molar-refractivity contribution in [1.82, 2.24) is 0 Å². The minimum atomic E-state index is 0.286. The lowest BCUT2D eigenvalue weighted by molar-refractivity contribution is 0.173. The first-order chi connectivity index (χ1) is 7.15. The SMILES string of the molecule is COc1c(Br)cc2c(c1C(C)C)OCO2. The van der Waals surface area contributed by atoms with Crippen molar-refractivity contribution >= 4 is 15.9 Å². The molecule has 2 rings (SSSR count). The average Bonchev–Trinajstić information content (AvgIpc) is 2.62. The Morgan fingerprint density at radius 3 is 2.73 bits per heavy atom. The number of halogens is 1. The van der Waals surface area contributed by atoms with Crippen molar-refractivity contribution in [3.8, 4) is 17.2 Å². The predicted octanol–water partition coefficient (Wildman–Crippen LogP) is 3.31. The second kappa shape index (κ2) is 3.93. The fourth-order valence-corrected chi connectivity index (χ4v) is 2.33. The summed E-state index contributed by atoms with van der Waals surface area (Å²) in [5.41, 5.74) is 1.05. The van der Waals surface area contributed by atoms with E-state index in [0.717, 1.165) is 27.3 Å². The van der Waals surface area contributed by atoms with Crippen molar-refractivity contribution in [3.63, 3.8) is 0 Å². The lowest BCUT2D eigenvalue weighted by Gasteiger charge is -2.15. The van der Waals surface area contributed by atoms with Crippen LogP contribution in [0.1, 0.15) is 25.3 Å². The van der Waals surface area contributed by atoms with Gasteiger partial charge in [0.15, 0.2) is 11.5 Å². The Kier molecular flexibility index (Phi) is 2.78. The first-order valence-electron chi connectivity index (χ1n) is 4.81. The molecule has 0 radical (unpaired) electrons. The molecule has 4 heteroatoms. The second-order valence-corrected chi connectivity index (χ2v) is 4.55. The summed E-state index contributed by atoms with van der Waals surface area (Å²) >= 11 is 3.47. The average molecular weight is 273 g/mol. The minimum absolute atomic E-state index is 0.286. The molecule has 0 spiro atoms. The highest BCUT2D eigenvalue weighted by molar-refractivity contribution is 9.10. The van der Waals surface area contributed by atoms with Crippen LogP contribution in [0, 0.1) is 0 Å². The van der Waals surface area contributed by atoms with Crippen molar-refractivity contribution in [2.45, 2.75) is 19.8 Å². The summed E-state index contributed by atoms with van der Waals surface area (Å²) in [6, 6.07) is 1.88. The molecule has 0 atom stereocenters. The first-order valence-corrected chi connectivity index (χ1v) is 5.60. The summed E-state index contributed by atoms with van der Waals surface area (Å²) in [6.07, 6.45) is 0. The quantitative estimate of drug-likeness (QED) is 0.827. The Morgan fingerprint density at radius 1 is 1.40 bits per heavy atom. The van der Waals surface area contributed by atoms with E-state index in [9.17, 15) is 0 Å². The Labute approximate surface area is 97.5 Å². The molecule has 0 aliphatic carbocycles. The van der Waals surface area contributed by atoms with Crippen molar-refractivity contribution in [3.05, 3.63) is 16.1 Å². The van der Waals surface area contributed by atoms with Gasteiger partial charge in [0.05, 0.1) is 11.6 Å². The molecule has 0 saturated carbocycles. The van der Waals surface area contributed by atoms with Gasteiger partial charge in [-0.1, -0.05) is 13.8 Å². The predicted molar refractivity (Wildman–Crippen MR) is 60.9 cm³/mol. The number of methoxy groups -OCH3 is 1. The zero-order chi connectivity index (χ0) is 11.0. The fourth-order valence-electron chi connectivity index (χ4n) is 1.75. The molecule has 0 unspecified atom stereocenters. The third-order valence-electron chi connectivity index (χ3n) is 2.39. The van der Waals surface area contributed by atoms with Gasteiger partial charge in [-0.05, 0) is 21.8 Å². The zero-order valence-electron chi connectivity index (χ0n) is 8.96. The maximum Gasteiger partial charge on any atom is 0.231 e. The van der Waals surface area contributed by atoms with Crippen LogP contribution in [0.2, 0.25) is 0 Å². The molecular formula is C11H13BrO3. The third-order valence-corrected chi connectivity index (χ3v) is 2.98. The van der Waals surface area contributed by atoms with Crippen LogP contribution in [-0.2, 0) is 0 Å². The lowest BCUT2D eigenvalue weighted by Crippen LogP contribution is -1.98. The largest absolute Gasteiger partial charge is 0.495 e. The summed E-state index contributed by atoms with van der Waals surface area (Å²) in [6.45, 7) is 4.49. The Morgan fingerprint density at radius 2 is 2.13 bits per heavy atom. The van der Waals surface area contributed by atoms with E-state index in [1.54, 1.807) is 7.11 Å². The molecule has 1 aliphatic heterocycles. The van der Waals surface area contributed by atoms with E-state index in [1.165, 1.54) is 0 Å². The molecule has 0 saturated heterocycles. The maximum absolute atomic E-state index is 5.47. The number of fused-ring (bicyclic) bond motifs is 1. The van der Waals surface area contributed by atoms with Crippen LogP contribution in [-0.4, -0.2) is 13.9 Å². The summed E-state index contributed by atoms with van der Waals surface area (Å²) in [7, 11) is 1.66. The van der Waals surface area contributed by atoms with Gasteiger partial charge in [-0.3, -0.25) is 0 Å². The van der Waals surface area contributed by atoms with Crippen molar-refractivity contribution in [1.29, 1.82) is 0 Å². The highest BCUT2D eigenvalue weighted by atomic mass is 79.9. The Bertz CT molecular complexity index is 384. The van der Waals surface area contributed by atoms with Gasteiger partial charge in [-0.25, -0.2) is 0 Å². The van der Waals surface area contributed by atoms with Crippen LogP contribution in [0.3, 0.4) is 0 Å². The van der Waals surface area contributed by atoms with E-state index in [1.807, 2.05) is 6.07 Å². The molecule has 1 aliphatic rings. The topological polar surface area (TPSA) is 27.7 Å². The maximum atomic E-state index is 5.47. The van der Waals surface area contributed by atoms with E-state index in [0.29, 0.717) is 5.92 Å². The number of ether oxygens (including phenoxy) is 3. The highest BCUT2D eigenvalue weighted by Gasteiger charge is 2.25. The fraction of sp³-hybridized carbons (Fsp3) is 0.455. The third kappa shape index (κ3) is 1.67. The van der Waals surface area contributed by atoms with Gasteiger partial charge in [0.2, 0.25) is 6.79 Å². The minimum Gasteiger partial charge on any atom is -0.495 e. The molecule has 0 aromatic heterocycles. The van der Waals surface area contributed by atoms with E-state index in [2.05, 4.69) is 29.8 Å². The van der Waals surface area contributed by atoms with E-state index < -0.39 is 0 Å². The Hall–Kier alpha value is -0.900. The van der Waals surface area contributed by atoms with Crippen molar-refractivity contribution in [2.75, 3.05) is 13.9 Å². The van der Waals surface area contributed by atoms with E-state index in [4.69, 9.17) is 14.2 Å². The second-order valence-electron chi connectivity index (χ2n) is 3.69. The van der Waals surface area contributed by atoms with Crippen LogP contribution in [0.25, 0.3) is 0 Å². The van der Waals surface area contributed by atoms with Crippen molar-refractivity contribution < 1.29 is 14.2 Å². The highest BCUT2D eigenvalue weighted by Crippen LogP contribution is 2.48. The summed E-state index contributed by atoms with van der Waals surface area (Å²) < 4.78 is 17.1. The van der Waals surface area contributed by atoms with Gasteiger partial charge in [-0.15, -0.1) is 0 Å². The van der Waals surface area contributed by atoms with Gasteiger partial charge in [0.1, 0.15) is 5.75 Å². The van der Waals surface area contributed by atoms with E-state index >= 15 is 0 Å². The van der Waals surface area contributed by atoms with Gasteiger partial charge in [-0.2, -0.15) is 0 Å². The van der Waals surface area contributed by atoms with E-state index in [-0.39, 0.29) is 6.79 Å². The lowest BCUT2D eigenvalue weighted by atomic mass is 10.0. The molecule has 82 valence electrons. The normalized spacial score (nSPS) is 13.4. The van der Waals surface area contributed by atoms with Crippen LogP contribution in [0.15, 0.2) is 10.5 Å². The van der Waals surface area contributed by atoms with Gasteiger partial charge in [0.25, 0.3) is 0 Å². The van der Waals surface area contributed by atoms with Gasteiger partial charge >= 0.3 is 0 Å². The monoisotopic (exact) mass is 272 g/mol. The summed E-state index contributed by atoms with van der Waals surface area (Å²) in [4.78, 5) is 0. The molecule has 1 heterocycles. The summed E-state index contributed by atoms with van der Waals surface area (Å²) in [5.74, 6) is 2.75. The number of hydrogen-bond donors (Lipinski definition) is 0. The molecule has 0 fully saturated rings. The van der Waals surface area contributed by atoms with Crippen LogP contribution in [0.5, 0.6) is 17.2 Å². The summed E-state index contributed by atoms with van der Waals surface area (Å²) in [5, 5.41) is 0. The van der Waals surface area contributed by atoms with Crippen LogP contribution in [0.4, 0.5) is 0 Å². The van der Waals surface area contributed by atoms with Crippen molar-refractivity contribution in [2.24, 2.45) is 0 Å². The van der Waals surface area contributed by atoms with Gasteiger partial charge in [0, 0.05) is 11.6 Å². The zero-order valence-corrected chi connectivity index (χ0v) is 10.6. The Balaban J connectivity index is 2.66. The molecule has 0 bridgehead atoms. The molecule has 0 amide bonds.